The third-order valence-corrected chi connectivity index (χ3v) is 5.32. The molecule has 1 unspecified atom stereocenters. The number of hydrogen-bond donors (Lipinski definition) is 1. The minimum Gasteiger partial charge on any atom is -0.507 e. The molecule has 1 saturated heterocycles. The van der Waals surface area contributed by atoms with Gasteiger partial charge in [-0.2, -0.15) is 0 Å². The molecule has 32 heavy (non-hydrogen) atoms. The SMILES string of the molecule is CCCOc1cccc(/C(O)=C2\C(=O)C(=O)N(CCN(C)C)C2c2cccc(OC)c2)c1. The largest absolute Gasteiger partial charge is 0.507 e. The van der Waals surface area contributed by atoms with E-state index in [1.54, 1.807) is 49.6 Å². The fourth-order valence-electron chi connectivity index (χ4n) is 3.69. The summed E-state index contributed by atoms with van der Waals surface area (Å²) in [4.78, 5) is 29.5. The second-order valence-corrected chi connectivity index (χ2v) is 7.95. The van der Waals surface area contributed by atoms with E-state index >= 15 is 0 Å². The van der Waals surface area contributed by atoms with Crippen LogP contribution in [0.1, 0.15) is 30.5 Å². The van der Waals surface area contributed by atoms with Crippen molar-refractivity contribution in [1.82, 2.24) is 9.80 Å². The monoisotopic (exact) mass is 438 g/mol. The summed E-state index contributed by atoms with van der Waals surface area (Å²) in [6.45, 7) is 3.47. The van der Waals surface area contributed by atoms with Gasteiger partial charge in [0.2, 0.25) is 0 Å². The van der Waals surface area contributed by atoms with Gasteiger partial charge in [-0.3, -0.25) is 9.59 Å². The fraction of sp³-hybridized carbons (Fsp3) is 0.360. The molecule has 1 heterocycles. The lowest BCUT2D eigenvalue weighted by atomic mass is 9.95. The Bertz CT molecular complexity index is 1010. The number of ether oxygens (including phenoxy) is 2. The number of hydrogen-bond acceptors (Lipinski definition) is 6. The number of nitrogens with zero attached hydrogens (tertiary/aromatic N) is 2. The second kappa shape index (κ2) is 10.3. The summed E-state index contributed by atoms with van der Waals surface area (Å²) >= 11 is 0. The van der Waals surface area contributed by atoms with E-state index in [9.17, 15) is 14.7 Å². The number of carbonyl (C=O) groups is 2. The van der Waals surface area contributed by atoms with E-state index < -0.39 is 17.7 Å². The first kappa shape index (κ1) is 23.3. The summed E-state index contributed by atoms with van der Waals surface area (Å²) in [7, 11) is 5.36. The number of amides is 1. The number of Topliss-reactive ketones (excluding diaryl/α,β-unsaturated/α-hetero) is 1. The van der Waals surface area contributed by atoms with E-state index in [1.807, 2.05) is 32.0 Å². The predicted octanol–water partition coefficient (Wildman–Crippen LogP) is 3.47. The number of ketones is 1. The Kier molecular flexibility index (Phi) is 7.53. The Balaban J connectivity index is 2.11. The van der Waals surface area contributed by atoms with E-state index in [4.69, 9.17) is 9.47 Å². The van der Waals surface area contributed by atoms with E-state index in [0.717, 1.165) is 6.42 Å². The molecule has 0 aliphatic carbocycles. The standard InChI is InChI=1S/C25H30N2O5/c1-5-14-32-20-11-7-9-18(16-20)23(28)21-22(17-8-6-10-19(15-17)31-4)27(13-12-26(2)3)25(30)24(21)29/h6-11,15-16,22,28H,5,12-14H2,1-4H3/b23-21+. The molecule has 7 heteroatoms. The molecular formula is C25H30N2O5. The van der Waals surface area contributed by atoms with Crippen LogP contribution in [-0.4, -0.2) is 67.5 Å². The number of benzene rings is 2. The van der Waals surface area contributed by atoms with Crippen LogP contribution in [-0.2, 0) is 9.59 Å². The highest BCUT2D eigenvalue weighted by Crippen LogP contribution is 2.40. The molecule has 2 aromatic rings. The molecule has 1 aliphatic rings. The van der Waals surface area contributed by atoms with Crippen molar-refractivity contribution < 1.29 is 24.2 Å². The topological polar surface area (TPSA) is 79.3 Å². The van der Waals surface area contributed by atoms with Crippen LogP contribution in [0.15, 0.2) is 54.1 Å². The van der Waals surface area contributed by atoms with Gasteiger partial charge in [0.25, 0.3) is 11.7 Å². The van der Waals surface area contributed by atoms with Crippen LogP contribution in [0.5, 0.6) is 11.5 Å². The summed E-state index contributed by atoms with van der Waals surface area (Å²) in [5, 5.41) is 11.2. The van der Waals surface area contributed by atoms with Crippen molar-refractivity contribution in [2.24, 2.45) is 0 Å². The smallest absolute Gasteiger partial charge is 0.295 e. The Hall–Kier alpha value is -3.32. The van der Waals surface area contributed by atoms with Gasteiger partial charge >= 0.3 is 0 Å². The lowest BCUT2D eigenvalue weighted by Crippen LogP contribution is -2.35. The van der Waals surface area contributed by atoms with E-state index in [0.29, 0.717) is 42.3 Å². The van der Waals surface area contributed by atoms with Crippen molar-refractivity contribution in [1.29, 1.82) is 0 Å². The molecule has 3 rings (SSSR count). The Morgan fingerprint density at radius 1 is 1.09 bits per heavy atom. The molecule has 2 aromatic carbocycles. The van der Waals surface area contributed by atoms with Crippen LogP contribution in [0, 0.1) is 0 Å². The van der Waals surface area contributed by atoms with Gasteiger partial charge in [-0.15, -0.1) is 0 Å². The molecule has 1 atom stereocenters. The number of aliphatic hydroxyl groups excluding tert-OH is 1. The summed E-state index contributed by atoms with van der Waals surface area (Å²) in [5.74, 6) is -0.342. The number of rotatable bonds is 9. The minimum atomic E-state index is -0.717. The zero-order chi connectivity index (χ0) is 23.3. The molecule has 1 N–H and O–H groups in total. The van der Waals surface area contributed by atoms with Crippen molar-refractivity contribution in [2.45, 2.75) is 19.4 Å². The van der Waals surface area contributed by atoms with Crippen LogP contribution < -0.4 is 9.47 Å². The van der Waals surface area contributed by atoms with Crippen LogP contribution in [0.25, 0.3) is 5.76 Å². The molecule has 0 saturated carbocycles. The maximum atomic E-state index is 13.1. The highest BCUT2D eigenvalue weighted by atomic mass is 16.5. The maximum absolute atomic E-state index is 13.1. The van der Waals surface area contributed by atoms with E-state index in [-0.39, 0.29) is 11.3 Å². The van der Waals surface area contributed by atoms with Crippen molar-refractivity contribution in [3.63, 3.8) is 0 Å². The molecule has 7 nitrogen and oxygen atoms in total. The number of carbonyl (C=O) groups excluding carboxylic acids is 2. The van der Waals surface area contributed by atoms with Crippen LogP contribution >= 0.6 is 0 Å². The molecule has 0 aromatic heterocycles. The van der Waals surface area contributed by atoms with Crippen LogP contribution in [0.2, 0.25) is 0 Å². The highest BCUT2D eigenvalue weighted by molar-refractivity contribution is 6.46. The predicted molar refractivity (Wildman–Crippen MR) is 123 cm³/mol. The molecular weight excluding hydrogens is 408 g/mol. The summed E-state index contributed by atoms with van der Waals surface area (Å²) in [5.41, 5.74) is 1.19. The summed E-state index contributed by atoms with van der Waals surface area (Å²) in [6.07, 6.45) is 0.850. The normalized spacial score (nSPS) is 17.8. The lowest BCUT2D eigenvalue weighted by molar-refractivity contribution is -0.140. The molecule has 170 valence electrons. The first-order chi connectivity index (χ1) is 15.4. The first-order valence-corrected chi connectivity index (χ1v) is 10.7. The average Bonchev–Trinajstić information content (AvgIpc) is 3.05. The summed E-state index contributed by atoms with van der Waals surface area (Å²) in [6, 6.07) is 13.4. The van der Waals surface area contributed by atoms with Gasteiger partial charge in [0.05, 0.1) is 25.3 Å². The Morgan fingerprint density at radius 2 is 1.81 bits per heavy atom. The van der Waals surface area contributed by atoms with E-state index in [2.05, 4.69) is 0 Å². The van der Waals surface area contributed by atoms with Gasteiger partial charge in [-0.1, -0.05) is 31.2 Å². The van der Waals surface area contributed by atoms with Crippen molar-refractivity contribution in [2.75, 3.05) is 40.9 Å². The Labute approximate surface area is 188 Å². The fourth-order valence-corrected chi connectivity index (χ4v) is 3.69. The third kappa shape index (κ3) is 4.94. The molecule has 1 fully saturated rings. The number of methoxy groups -OCH3 is 1. The second-order valence-electron chi connectivity index (χ2n) is 7.95. The van der Waals surface area contributed by atoms with Gasteiger partial charge in [-0.25, -0.2) is 0 Å². The quantitative estimate of drug-likeness (QED) is 0.367. The van der Waals surface area contributed by atoms with Crippen molar-refractivity contribution in [3.05, 3.63) is 65.2 Å². The third-order valence-electron chi connectivity index (χ3n) is 5.32. The van der Waals surface area contributed by atoms with Crippen LogP contribution in [0.3, 0.4) is 0 Å². The van der Waals surface area contributed by atoms with Gasteiger partial charge < -0.3 is 24.4 Å². The molecule has 1 amide bonds. The zero-order valence-electron chi connectivity index (χ0n) is 19.0. The van der Waals surface area contributed by atoms with Crippen LogP contribution in [0.4, 0.5) is 0 Å². The first-order valence-electron chi connectivity index (χ1n) is 10.7. The van der Waals surface area contributed by atoms with Gasteiger partial charge in [0.15, 0.2) is 0 Å². The van der Waals surface area contributed by atoms with Gasteiger partial charge in [-0.05, 0) is 50.3 Å². The van der Waals surface area contributed by atoms with Gasteiger partial charge in [0.1, 0.15) is 17.3 Å². The van der Waals surface area contributed by atoms with Crippen molar-refractivity contribution >= 4 is 17.4 Å². The highest BCUT2D eigenvalue weighted by Gasteiger charge is 2.46. The Morgan fingerprint density at radius 3 is 2.50 bits per heavy atom. The average molecular weight is 439 g/mol. The van der Waals surface area contributed by atoms with E-state index in [1.165, 1.54) is 4.90 Å². The minimum absolute atomic E-state index is 0.0645. The summed E-state index contributed by atoms with van der Waals surface area (Å²) < 4.78 is 11.0. The zero-order valence-corrected chi connectivity index (χ0v) is 19.0. The van der Waals surface area contributed by atoms with Crippen molar-refractivity contribution in [3.8, 4) is 11.5 Å². The van der Waals surface area contributed by atoms with Gasteiger partial charge in [0, 0.05) is 18.7 Å². The number of likely N-dealkylation sites (tertiary alicyclic amines) is 1. The number of aliphatic hydroxyl groups is 1. The molecule has 0 spiro atoms. The molecule has 0 radical (unpaired) electrons. The molecule has 0 bridgehead atoms. The molecule has 1 aliphatic heterocycles. The lowest BCUT2D eigenvalue weighted by Gasteiger charge is -2.26. The number of likely N-dealkylation sites (N-methyl/N-ethyl adjacent to an activating group) is 1. The maximum Gasteiger partial charge on any atom is 0.295 e.